The average Bonchev–Trinajstić information content (AvgIpc) is 2.78. The minimum Gasteiger partial charge on any atom is -0.457 e. The van der Waals surface area contributed by atoms with Gasteiger partial charge in [-0.15, -0.1) is 0 Å². The Kier molecular flexibility index (Phi) is 5.44. The van der Waals surface area contributed by atoms with Crippen molar-refractivity contribution in [1.29, 1.82) is 0 Å². The fourth-order valence-corrected chi connectivity index (χ4v) is 3.03. The quantitative estimate of drug-likeness (QED) is 0.280. The largest absolute Gasteiger partial charge is 0.457 e. The summed E-state index contributed by atoms with van der Waals surface area (Å²) in [6, 6.07) is 20.9. The van der Waals surface area contributed by atoms with Crippen LogP contribution in [0.15, 0.2) is 83.7 Å². The topological polar surface area (TPSA) is 112 Å². The standard InChI is InChI=1S/C23H16N2O6/c26-22-13-20(19-3-1-2-4-21(19)24-22)23(27)30-14-15-5-9-17(10-6-15)31-18-11-7-16(8-12-18)25(28)29/h1-13H,14H2,(H,24,26). The molecule has 8 heteroatoms. The van der Waals surface area contributed by atoms with E-state index in [4.69, 9.17) is 9.47 Å². The first-order valence-electron chi connectivity index (χ1n) is 9.30. The number of ether oxygens (including phenoxy) is 2. The number of rotatable bonds is 6. The summed E-state index contributed by atoms with van der Waals surface area (Å²) in [5, 5.41) is 11.3. The van der Waals surface area contributed by atoms with E-state index in [2.05, 4.69) is 4.98 Å². The molecule has 0 atom stereocenters. The van der Waals surface area contributed by atoms with Gasteiger partial charge in [0.25, 0.3) is 5.69 Å². The van der Waals surface area contributed by atoms with Crippen molar-refractivity contribution in [3.8, 4) is 11.5 Å². The molecule has 0 aliphatic heterocycles. The number of benzene rings is 3. The Bertz CT molecular complexity index is 1310. The summed E-state index contributed by atoms with van der Waals surface area (Å²) in [6.07, 6.45) is 0. The summed E-state index contributed by atoms with van der Waals surface area (Å²) in [5.41, 5.74) is 1.11. The zero-order valence-corrected chi connectivity index (χ0v) is 16.1. The Morgan fingerprint density at radius 2 is 1.58 bits per heavy atom. The van der Waals surface area contributed by atoms with E-state index in [9.17, 15) is 19.7 Å². The molecular weight excluding hydrogens is 400 g/mol. The number of nitrogens with zero attached hydrogens (tertiary/aromatic N) is 1. The second-order valence-electron chi connectivity index (χ2n) is 6.67. The normalized spacial score (nSPS) is 10.6. The number of non-ortho nitro benzene ring substituents is 1. The molecule has 0 amide bonds. The number of esters is 1. The highest BCUT2D eigenvalue weighted by atomic mass is 16.6. The number of carbonyl (C=O) groups excluding carboxylic acids is 1. The zero-order chi connectivity index (χ0) is 21.8. The molecule has 154 valence electrons. The number of aromatic nitrogens is 1. The number of H-pyrrole nitrogens is 1. The lowest BCUT2D eigenvalue weighted by Crippen LogP contribution is -2.12. The van der Waals surface area contributed by atoms with Gasteiger partial charge in [-0.3, -0.25) is 14.9 Å². The summed E-state index contributed by atoms with van der Waals surface area (Å²) in [7, 11) is 0. The number of para-hydroxylation sites is 1. The van der Waals surface area contributed by atoms with Gasteiger partial charge in [0.15, 0.2) is 0 Å². The van der Waals surface area contributed by atoms with E-state index in [0.29, 0.717) is 22.4 Å². The smallest absolute Gasteiger partial charge is 0.339 e. The molecule has 3 aromatic carbocycles. The molecule has 0 spiro atoms. The molecule has 0 fully saturated rings. The second kappa shape index (κ2) is 8.50. The monoisotopic (exact) mass is 416 g/mol. The molecule has 0 aliphatic carbocycles. The third-order valence-electron chi connectivity index (χ3n) is 4.55. The summed E-state index contributed by atoms with van der Waals surface area (Å²) < 4.78 is 11.0. The number of carbonyl (C=O) groups is 1. The van der Waals surface area contributed by atoms with Crippen molar-refractivity contribution in [3.63, 3.8) is 0 Å². The van der Waals surface area contributed by atoms with Gasteiger partial charge in [-0.2, -0.15) is 0 Å². The number of nitro groups is 1. The molecule has 31 heavy (non-hydrogen) atoms. The SMILES string of the molecule is O=C(OCc1ccc(Oc2ccc([N+](=O)[O-])cc2)cc1)c1cc(=O)[nH]c2ccccc12. The van der Waals surface area contributed by atoms with Gasteiger partial charge < -0.3 is 14.5 Å². The Morgan fingerprint density at radius 1 is 0.935 bits per heavy atom. The van der Waals surface area contributed by atoms with E-state index >= 15 is 0 Å². The van der Waals surface area contributed by atoms with Crippen LogP contribution in [0.25, 0.3) is 10.9 Å². The van der Waals surface area contributed by atoms with Crippen LogP contribution in [-0.4, -0.2) is 15.9 Å². The molecule has 0 radical (unpaired) electrons. The van der Waals surface area contributed by atoms with E-state index in [0.717, 1.165) is 5.56 Å². The fourth-order valence-electron chi connectivity index (χ4n) is 3.03. The van der Waals surface area contributed by atoms with Crippen molar-refractivity contribution in [3.05, 3.63) is 110 Å². The predicted octanol–water partition coefficient (Wildman–Crippen LogP) is 4.59. The van der Waals surface area contributed by atoms with E-state index in [1.54, 1.807) is 48.5 Å². The van der Waals surface area contributed by atoms with Crippen LogP contribution in [-0.2, 0) is 11.3 Å². The highest BCUT2D eigenvalue weighted by Gasteiger charge is 2.13. The van der Waals surface area contributed by atoms with Crippen molar-refractivity contribution in [1.82, 2.24) is 4.98 Å². The fraction of sp³-hybridized carbons (Fsp3) is 0.0435. The van der Waals surface area contributed by atoms with E-state index in [-0.39, 0.29) is 23.4 Å². The van der Waals surface area contributed by atoms with Crippen LogP contribution in [0.5, 0.6) is 11.5 Å². The molecule has 0 unspecified atom stereocenters. The maximum Gasteiger partial charge on any atom is 0.339 e. The summed E-state index contributed by atoms with van der Waals surface area (Å²) >= 11 is 0. The number of fused-ring (bicyclic) bond motifs is 1. The van der Waals surface area contributed by atoms with Gasteiger partial charge in [0, 0.05) is 29.1 Å². The first-order chi connectivity index (χ1) is 15.0. The highest BCUT2D eigenvalue weighted by molar-refractivity contribution is 6.03. The molecule has 4 aromatic rings. The Morgan fingerprint density at radius 3 is 2.26 bits per heavy atom. The first kappa shape index (κ1) is 19.8. The molecule has 0 saturated carbocycles. The van der Waals surface area contributed by atoms with Crippen molar-refractivity contribution in [2.45, 2.75) is 6.61 Å². The van der Waals surface area contributed by atoms with Crippen LogP contribution in [0.3, 0.4) is 0 Å². The molecular formula is C23H16N2O6. The number of hydrogen-bond acceptors (Lipinski definition) is 6. The Hall–Kier alpha value is -4.46. The van der Waals surface area contributed by atoms with Gasteiger partial charge in [0.1, 0.15) is 18.1 Å². The number of aromatic amines is 1. The van der Waals surface area contributed by atoms with E-state index in [1.165, 1.54) is 30.3 Å². The van der Waals surface area contributed by atoms with Crippen LogP contribution in [0.1, 0.15) is 15.9 Å². The average molecular weight is 416 g/mol. The van der Waals surface area contributed by atoms with Crippen LogP contribution in [0.4, 0.5) is 5.69 Å². The van der Waals surface area contributed by atoms with Crippen molar-refractivity contribution < 1.29 is 19.2 Å². The van der Waals surface area contributed by atoms with Gasteiger partial charge in [-0.25, -0.2) is 4.79 Å². The summed E-state index contributed by atoms with van der Waals surface area (Å²) in [5.74, 6) is 0.406. The van der Waals surface area contributed by atoms with Crippen molar-refractivity contribution in [2.24, 2.45) is 0 Å². The molecule has 0 bridgehead atoms. The second-order valence-corrected chi connectivity index (χ2v) is 6.67. The number of nitro benzene ring substituents is 1. The number of nitrogens with one attached hydrogen (secondary N) is 1. The lowest BCUT2D eigenvalue weighted by molar-refractivity contribution is -0.384. The lowest BCUT2D eigenvalue weighted by Gasteiger charge is -2.09. The first-order valence-corrected chi connectivity index (χ1v) is 9.30. The number of pyridine rings is 1. The molecule has 0 aliphatic rings. The number of hydrogen-bond donors (Lipinski definition) is 1. The molecule has 0 saturated heterocycles. The third-order valence-corrected chi connectivity index (χ3v) is 4.55. The molecule has 1 heterocycles. The summed E-state index contributed by atoms with van der Waals surface area (Å²) in [6.45, 7) is 0.0256. The zero-order valence-electron chi connectivity index (χ0n) is 16.1. The maximum absolute atomic E-state index is 12.5. The van der Waals surface area contributed by atoms with Gasteiger partial charge in [0.05, 0.1) is 10.5 Å². The highest BCUT2D eigenvalue weighted by Crippen LogP contribution is 2.24. The maximum atomic E-state index is 12.5. The third kappa shape index (κ3) is 4.59. The van der Waals surface area contributed by atoms with Crippen molar-refractivity contribution in [2.75, 3.05) is 0 Å². The Balaban J connectivity index is 1.41. The predicted molar refractivity (Wildman–Crippen MR) is 113 cm³/mol. The molecule has 1 N–H and O–H groups in total. The Labute approximate surface area is 175 Å². The van der Waals surface area contributed by atoms with Crippen LogP contribution in [0, 0.1) is 10.1 Å². The van der Waals surface area contributed by atoms with Gasteiger partial charge in [-0.1, -0.05) is 30.3 Å². The van der Waals surface area contributed by atoms with E-state index < -0.39 is 10.9 Å². The van der Waals surface area contributed by atoms with E-state index in [1.807, 2.05) is 0 Å². The van der Waals surface area contributed by atoms with Crippen LogP contribution >= 0.6 is 0 Å². The molecule has 8 nitrogen and oxygen atoms in total. The molecule has 1 aromatic heterocycles. The summed E-state index contributed by atoms with van der Waals surface area (Å²) in [4.78, 5) is 37.2. The van der Waals surface area contributed by atoms with Gasteiger partial charge in [-0.05, 0) is 35.9 Å². The van der Waals surface area contributed by atoms with Crippen LogP contribution < -0.4 is 10.3 Å². The van der Waals surface area contributed by atoms with Gasteiger partial charge >= 0.3 is 5.97 Å². The molecule has 4 rings (SSSR count). The minimum absolute atomic E-state index is 0.0160. The lowest BCUT2D eigenvalue weighted by atomic mass is 10.1. The van der Waals surface area contributed by atoms with Crippen molar-refractivity contribution >= 4 is 22.6 Å². The van der Waals surface area contributed by atoms with Crippen LogP contribution in [0.2, 0.25) is 0 Å². The van der Waals surface area contributed by atoms with Gasteiger partial charge in [0.2, 0.25) is 5.56 Å². The minimum atomic E-state index is -0.589.